The van der Waals surface area contributed by atoms with E-state index in [1.165, 1.54) is 0 Å². The van der Waals surface area contributed by atoms with E-state index in [1.54, 1.807) is 24.3 Å². The van der Waals surface area contributed by atoms with E-state index in [-0.39, 0.29) is 12.1 Å². The quantitative estimate of drug-likeness (QED) is 0.727. The van der Waals surface area contributed by atoms with Crippen LogP contribution in [-0.4, -0.2) is 33.0 Å². The van der Waals surface area contributed by atoms with Crippen molar-refractivity contribution in [3.63, 3.8) is 0 Å². The highest BCUT2D eigenvalue weighted by molar-refractivity contribution is 5.94. The number of hydrogen-bond donors (Lipinski definition) is 3. The number of aromatic amines is 1. The van der Waals surface area contributed by atoms with Gasteiger partial charge in [-0.25, -0.2) is 9.78 Å². The molecule has 7 heteroatoms. The minimum atomic E-state index is -1.14. The zero-order chi connectivity index (χ0) is 15.2. The van der Waals surface area contributed by atoms with Gasteiger partial charge < -0.3 is 15.4 Å². The summed E-state index contributed by atoms with van der Waals surface area (Å²) in [4.78, 5) is 40.0. The highest BCUT2D eigenvalue weighted by Gasteiger charge is 2.21. The lowest BCUT2D eigenvalue weighted by Crippen LogP contribution is -2.42. The van der Waals surface area contributed by atoms with E-state index in [4.69, 9.17) is 0 Å². The Kier molecular flexibility index (Phi) is 4.45. The Morgan fingerprint density at radius 3 is 2.57 bits per heavy atom. The maximum atomic E-state index is 11.9. The van der Waals surface area contributed by atoms with Gasteiger partial charge in [-0.2, -0.15) is 0 Å². The first kappa shape index (κ1) is 14.4. The Hall–Kier alpha value is -2.96. The molecule has 0 saturated carbocycles. The molecule has 1 aromatic heterocycles. The van der Waals surface area contributed by atoms with Gasteiger partial charge in [-0.1, -0.05) is 30.3 Å². The molecule has 0 saturated heterocycles. The number of amides is 1. The van der Waals surface area contributed by atoms with Crippen LogP contribution in [0.3, 0.4) is 0 Å². The van der Waals surface area contributed by atoms with Gasteiger partial charge in [0.25, 0.3) is 11.5 Å². The van der Waals surface area contributed by atoms with E-state index in [1.807, 2.05) is 6.07 Å². The number of carboxylic acids is 1. The van der Waals surface area contributed by atoms with Crippen LogP contribution in [0.4, 0.5) is 0 Å². The summed E-state index contributed by atoms with van der Waals surface area (Å²) in [6.45, 7) is 0. The van der Waals surface area contributed by atoms with Crippen LogP contribution in [0, 0.1) is 0 Å². The Balaban J connectivity index is 2.09. The van der Waals surface area contributed by atoms with Crippen molar-refractivity contribution in [2.45, 2.75) is 12.5 Å². The molecule has 2 rings (SSSR count). The second kappa shape index (κ2) is 6.47. The average Bonchev–Trinajstić information content (AvgIpc) is 2.48. The van der Waals surface area contributed by atoms with Crippen molar-refractivity contribution >= 4 is 11.9 Å². The van der Waals surface area contributed by atoms with Gasteiger partial charge >= 0.3 is 5.97 Å². The number of benzene rings is 1. The molecule has 1 amide bonds. The number of H-pyrrole nitrogens is 1. The third-order valence-corrected chi connectivity index (χ3v) is 2.79. The molecule has 1 heterocycles. The number of nitrogens with zero attached hydrogens (tertiary/aromatic N) is 1. The van der Waals surface area contributed by atoms with E-state index in [2.05, 4.69) is 15.3 Å². The van der Waals surface area contributed by atoms with Gasteiger partial charge in [-0.15, -0.1) is 0 Å². The van der Waals surface area contributed by atoms with E-state index in [0.29, 0.717) is 0 Å². The van der Waals surface area contributed by atoms with Crippen LogP contribution in [0.5, 0.6) is 0 Å². The van der Waals surface area contributed by atoms with Gasteiger partial charge in [0.1, 0.15) is 11.7 Å². The zero-order valence-corrected chi connectivity index (χ0v) is 10.9. The molecule has 0 aliphatic heterocycles. The summed E-state index contributed by atoms with van der Waals surface area (Å²) in [6.07, 6.45) is 2.26. The summed E-state index contributed by atoms with van der Waals surface area (Å²) in [5, 5.41) is 11.6. The minimum Gasteiger partial charge on any atom is -0.480 e. The molecule has 108 valence electrons. The van der Waals surface area contributed by atoms with Crippen molar-refractivity contribution in [2.75, 3.05) is 0 Å². The molecule has 1 atom stereocenters. The number of aliphatic carboxylic acids is 1. The number of nitrogens with one attached hydrogen (secondary N) is 2. The van der Waals surface area contributed by atoms with Crippen molar-refractivity contribution in [2.24, 2.45) is 0 Å². The monoisotopic (exact) mass is 287 g/mol. The first-order valence-electron chi connectivity index (χ1n) is 6.18. The molecule has 0 aliphatic rings. The summed E-state index contributed by atoms with van der Waals surface area (Å²) < 4.78 is 0. The molecule has 1 unspecified atom stereocenters. The molecule has 1 aromatic carbocycles. The summed E-state index contributed by atoms with van der Waals surface area (Å²) in [6, 6.07) is 7.88. The predicted molar refractivity (Wildman–Crippen MR) is 73.9 cm³/mol. The maximum absolute atomic E-state index is 11.9. The second-order valence-electron chi connectivity index (χ2n) is 4.35. The van der Waals surface area contributed by atoms with Crippen molar-refractivity contribution in [1.82, 2.24) is 15.3 Å². The normalized spacial score (nSPS) is 11.6. The first-order valence-corrected chi connectivity index (χ1v) is 6.18. The van der Waals surface area contributed by atoms with Crippen molar-refractivity contribution in [3.8, 4) is 0 Å². The van der Waals surface area contributed by atoms with E-state index in [0.717, 1.165) is 18.0 Å². The van der Waals surface area contributed by atoms with E-state index < -0.39 is 23.5 Å². The molecule has 2 aromatic rings. The van der Waals surface area contributed by atoms with Crippen LogP contribution in [0.1, 0.15) is 16.1 Å². The fourth-order valence-electron chi connectivity index (χ4n) is 1.75. The summed E-state index contributed by atoms with van der Waals surface area (Å²) in [5.41, 5.74) is 0.305. The first-order chi connectivity index (χ1) is 10.1. The number of rotatable bonds is 5. The predicted octanol–water partition coefficient (Wildman–Crippen LogP) is 0.196. The van der Waals surface area contributed by atoms with Crippen LogP contribution in [-0.2, 0) is 11.2 Å². The topological polar surface area (TPSA) is 112 Å². The lowest BCUT2D eigenvalue weighted by Gasteiger charge is -2.14. The number of carbonyl (C=O) groups is 2. The van der Waals surface area contributed by atoms with Crippen molar-refractivity contribution in [3.05, 3.63) is 64.3 Å². The Morgan fingerprint density at radius 1 is 1.29 bits per heavy atom. The van der Waals surface area contributed by atoms with Crippen molar-refractivity contribution < 1.29 is 14.7 Å². The van der Waals surface area contributed by atoms with Crippen LogP contribution in [0.25, 0.3) is 0 Å². The smallest absolute Gasteiger partial charge is 0.326 e. The average molecular weight is 287 g/mol. The Labute approximate surface area is 119 Å². The van der Waals surface area contributed by atoms with E-state index >= 15 is 0 Å². The van der Waals surface area contributed by atoms with Gasteiger partial charge in [-0.05, 0) is 5.56 Å². The van der Waals surface area contributed by atoms with Crippen LogP contribution in [0.15, 0.2) is 47.5 Å². The largest absolute Gasteiger partial charge is 0.480 e. The highest BCUT2D eigenvalue weighted by atomic mass is 16.4. The van der Waals surface area contributed by atoms with Crippen LogP contribution >= 0.6 is 0 Å². The number of carboxylic acid groups (broad SMARTS) is 1. The van der Waals surface area contributed by atoms with Crippen molar-refractivity contribution in [1.29, 1.82) is 0 Å². The molecular weight excluding hydrogens is 274 g/mol. The van der Waals surface area contributed by atoms with Crippen LogP contribution in [0.2, 0.25) is 0 Å². The molecule has 3 N–H and O–H groups in total. The standard InChI is InChI=1S/C14H13N3O4/c18-12-8-15-11(7-16-12)13(19)17-10(14(20)21)6-9-4-2-1-3-5-9/h1-5,7-8,10H,6H2,(H,16,18)(H,17,19)(H,20,21). The third kappa shape index (κ3) is 4.00. The fraction of sp³-hybridized carbons (Fsp3) is 0.143. The molecule has 0 spiro atoms. The maximum Gasteiger partial charge on any atom is 0.326 e. The lowest BCUT2D eigenvalue weighted by atomic mass is 10.1. The highest BCUT2D eigenvalue weighted by Crippen LogP contribution is 2.04. The summed E-state index contributed by atoms with van der Waals surface area (Å²) in [7, 11) is 0. The molecule has 7 nitrogen and oxygen atoms in total. The number of aromatic nitrogens is 2. The van der Waals surface area contributed by atoms with Gasteiger partial charge in [0.15, 0.2) is 0 Å². The Morgan fingerprint density at radius 2 is 2.00 bits per heavy atom. The van der Waals surface area contributed by atoms with E-state index in [9.17, 15) is 19.5 Å². The summed E-state index contributed by atoms with van der Waals surface area (Å²) >= 11 is 0. The fourth-order valence-corrected chi connectivity index (χ4v) is 1.75. The molecule has 0 bridgehead atoms. The van der Waals surface area contributed by atoms with Gasteiger partial charge in [0.05, 0.1) is 6.20 Å². The van der Waals surface area contributed by atoms with Gasteiger partial charge in [-0.3, -0.25) is 9.59 Å². The number of hydrogen-bond acceptors (Lipinski definition) is 4. The summed E-state index contributed by atoms with van der Waals surface area (Å²) in [5.74, 6) is -1.80. The van der Waals surface area contributed by atoms with Crippen LogP contribution < -0.4 is 10.9 Å². The SMILES string of the molecule is O=C(NC(Cc1ccccc1)C(=O)O)c1c[nH]c(=O)cn1. The molecule has 0 aliphatic carbocycles. The van der Waals surface area contributed by atoms with Gasteiger partial charge in [0.2, 0.25) is 0 Å². The number of carbonyl (C=O) groups excluding carboxylic acids is 1. The third-order valence-electron chi connectivity index (χ3n) is 2.79. The minimum absolute atomic E-state index is 0.0473. The Bertz CT molecular complexity index is 676. The molecule has 21 heavy (non-hydrogen) atoms. The second-order valence-corrected chi connectivity index (χ2v) is 4.35. The zero-order valence-electron chi connectivity index (χ0n) is 10.9. The molecule has 0 radical (unpaired) electrons. The molecular formula is C14H13N3O4. The van der Waals surface area contributed by atoms with Gasteiger partial charge in [0, 0.05) is 12.6 Å². The molecule has 0 fully saturated rings. The lowest BCUT2D eigenvalue weighted by molar-refractivity contribution is -0.139.